The smallest absolute Gasteiger partial charge is 0.317 e. The van der Waals surface area contributed by atoms with Crippen LogP contribution in [0.3, 0.4) is 0 Å². The van der Waals surface area contributed by atoms with Gasteiger partial charge >= 0.3 is 6.03 Å². The lowest BCUT2D eigenvalue weighted by Crippen LogP contribution is -2.46. The molecule has 2 heterocycles. The number of amides is 2. The van der Waals surface area contributed by atoms with Gasteiger partial charge in [-0.2, -0.15) is 0 Å². The fourth-order valence-electron chi connectivity index (χ4n) is 3.40. The third kappa shape index (κ3) is 4.64. The number of carbonyl (C=O) groups is 1. The molecule has 0 unspecified atom stereocenters. The topological polar surface area (TPSA) is 59.4 Å². The Balaban J connectivity index is 1.66. The van der Waals surface area contributed by atoms with Crippen molar-refractivity contribution in [3.8, 4) is 0 Å². The number of carbonyl (C=O) groups excluding carboxylic acids is 1. The van der Waals surface area contributed by atoms with Gasteiger partial charge in [-0.25, -0.2) is 9.78 Å². The van der Waals surface area contributed by atoms with Crippen molar-refractivity contribution in [2.75, 3.05) is 20.3 Å². The maximum Gasteiger partial charge on any atom is 0.317 e. The van der Waals surface area contributed by atoms with Crippen molar-refractivity contribution < 1.29 is 9.53 Å². The van der Waals surface area contributed by atoms with Crippen molar-refractivity contribution in [2.45, 2.75) is 44.8 Å². The molecule has 2 aromatic rings. The highest BCUT2D eigenvalue weighted by Gasteiger charge is 2.24. The number of hydrogen-bond acceptors (Lipinski definition) is 3. The first kappa shape index (κ1) is 18.5. The monoisotopic (exact) mass is 356 g/mol. The first-order chi connectivity index (χ1) is 12.6. The molecular formula is C20H28N4O2. The van der Waals surface area contributed by atoms with Crippen molar-refractivity contribution in [3.05, 3.63) is 54.1 Å². The Hall–Kier alpha value is -2.34. The van der Waals surface area contributed by atoms with Crippen molar-refractivity contribution in [2.24, 2.45) is 0 Å². The van der Waals surface area contributed by atoms with E-state index in [1.165, 1.54) is 0 Å². The van der Waals surface area contributed by atoms with Gasteiger partial charge in [0.05, 0.1) is 6.04 Å². The number of benzene rings is 1. The van der Waals surface area contributed by atoms with E-state index in [0.717, 1.165) is 50.4 Å². The standard InChI is InChI=1S/C20H28N4O2/c1-16-21-11-13-24(16)12-8-19(17-6-4-3-5-7-17)22-20(25)23(2)18-9-14-26-15-10-18/h3-7,11,13,18-19H,8-10,12,14-15H2,1-2H3,(H,22,25)/t19-/m1/s1. The largest absolute Gasteiger partial charge is 0.381 e. The molecule has 1 aromatic heterocycles. The van der Waals surface area contributed by atoms with Gasteiger partial charge in [0.1, 0.15) is 5.82 Å². The first-order valence-corrected chi connectivity index (χ1v) is 9.29. The SMILES string of the molecule is Cc1nccn1CC[C@@H](NC(=O)N(C)C1CCOCC1)c1ccccc1. The first-order valence-electron chi connectivity index (χ1n) is 9.29. The fourth-order valence-corrected chi connectivity index (χ4v) is 3.40. The van der Waals surface area contributed by atoms with E-state index in [9.17, 15) is 4.79 Å². The van der Waals surface area contributed by atoms with E-state index in [-0.39, 0.29) is 18.1 Å². The Kier molecular flexibility index (Phi) is 6.28. The summed E-state index contributed by atoms with van der Waals surface area (Å²) in [6.45, 7) is 4.26. The molecule has 1 N–H and O–H groups in total. The number of nitrogens with one attached hydrogen (secondary N) is 1. The van der Waals surface area contributed by atoms with Crippen LogP contribution in [0.15, 0.2) is 42.7 Å². The normalized spacial score (nSPS) is 16.2. The van der Waals surface area contributed by atoms with Crippen molar-refractivity contribution in [1.82, 2.24) is 19.8 Å². The number of nitrogens with zero attached hydrogens (tertiary/aromatic N) is 3. The van der Waals surface area contributed by atoms with E-state index in [1.807, 2.05) is 49.5 Å². The van der Waals surface area contributed by atoms with Gasteiger partial charge in [-0.3, -0.25) is 0 Å². The van der Waals surface area contributed by atoms with Crippen molar-refractivity contribution in [3.63, 3.8) is 0 Å². The molecule has 0 radical (unpaired) electrons. The van der Waals surface area contributed by atoms with Gasteiger partial charge in [-0.15, -0.1) is 0 Å². The minimum absolute atomic E-state index is 0.0203. The minimum Gasteiger partial charge on any atom is -0.381 e. The van der Waals surface area contributed by atoms with Crippen LogP contribution in [-0.4, -0.2) is 46.8 Å². The van der Waals surface area contributed by atoms with Crippen LogP contribution in [0.4, 0.5) is 4.79 Å². The summed E-state index contributed by atoms with van der Waals surface area (Å²) in [5.41, 5.74) is 1.12. The van der Waals surface area contributed by atoms with Gasteiger partial charge in [-0.05, 0) is 31.7 Å². The van der Waals surface area contributed by atoms with Crippen LogP contribution in [0.5, 0.6) is 0 Å². The van der Waals surface area contributed by atoms with E-state index < -0.39 is 0 Å². The Morgan fingerprint density at radius 1 is 1.35 bits per heavy atom. The Morgan fingerprint density at radius 2 is 2.08 bits per heavy atom. The maximum atomic E-state index is 12.8. The third-order valence-corrected chi connectivity index (χ3v) is 5.14. The highest BCUT2D eigenvalue weighted by atomic mass is 16.5. The van der Waals surface area contributed by atoms with E-state index in [1.54, 1.807) is 0 Å². The molecule has 1 aromatic carbocycles. The van der Waals surface area contributed by atoms with Gasteiger partial charge in [-0.1, -0.05) is 30.3 Å². The third-order valence-electron chi connectivity index (χ3n) is 5.14. The second kappa shape index (κ2) is 8.85. The highest BCUT2D eigenvalue weighted by molar-refractivity contribution is 5.74. The zero-order valence-corrected chi connectivity index (χ0v) is 15.6. The van der Waals surface area contributed by atoms with Crippen molar-refractivity contribution in [1.29, 1.82) is 0 Å². The molecule has 1 atom stereocenters. The molecule has 0 saturated carbocycles. The van der Waals surface area contributed by atoms with Crippen LogP contribution in [0, 0.1) is 6.92 Å². The summed E-state index contributed by atoms with van der Waals surface area (Å²) in [7, 11) is 1.88. The van der Waals surface area contributed by atoms with E-state index in [4.69, 9.17) is 4.74 Å². The van der Waals surface area contributed by atoms with Crippen LogP contribution in [0.1, 0.15) is 36.7 Å². The van der Waals surface area contributed by atoms with E-state index in [2.05, 4.69) is 27.0 Å². The predicted octanol–water partition coefficient (Wildman–Crippen LogP) is 3.14. The lowest BCUT2D eigenvalue weighted by atomic mass is 10.0. The predicted molar refractivity (Wildman–Crippen MR) is 101 cm³/mol. The lowest BCUT2D eigenvalue weighted by molar-refractivity contribution is 0.0521. The maximum absolute atomic E-state index is 12.8. The summed E-state index contributed by atoms with van der Waals surface area (Å²) < 4.78 is 7.52. The number of aromatic nitrogens is 2. The van der Waals surface area contributed by atoms with Gasteiger partial charge < -0.3 is 19.5 Å². The number of aryl methyl sites for hydroxylation is 2. The molecule has 6 nitrogen and oxygen atoms in total. The fraction of sp³-hybridized carbons (Fsp3) is 0.500. The Morgan fingerprint density at radius 3 is 2.73 bits per heavy atom. The zero-order chi connectivity index (χ0) is 18.4. The zero-order valence-electron chi connectivity index (χ0n) is 15.6. The number of imidazole rings is 1. The second-order valence-corrected chi connectivity index (χ2v) is 6.82. The van der Waals surface area contributed by atoms with Crippen LogP contribution in [-0.2, 0) is 11.3 Å². The summed E-state index contributed by atoms with van der Waals surface area (Å²) in [5.74, 6) is 0.988. The molecule has 2 amide bonds. The van der Waals surface area contributed by atoms with Gasteiger partial charge in [0.2, 0.25) is 0 Å². The molecule has 140 valence electrons. The summed E-state index contributed by atoms with van der Waals surface area (Å²) in [4.78, 5) is 18.9. The van der Waals surface area contributed by atoms with Crippen LogP contribution < -0.4 is 5.32 Å². The average molecular weight is 356 g/mol. The molecule has 1 fully saturated rings. The number of hydrogen-bond donors (Lipinski definition) is 1. The summed E-state index contributed by atoms with van der Waals surface area (Å²) >= 11 is 0. The molecule has 1 saturated heterocycles. The molecular weight excluding hydrogens is 328 g/mol. The van der Waals surface area contributed by atoms with Gasteiger partial charge in [0.25, 0.3) is 0 Å². The number of urea groups is 1. The number of ether oxygens (including phenoxy) is 1. The molecule has 26 heavy (non-hydrogen) atoms. The summed E-state index contributed by atoms with van der Waals surface area (Å²) in [6.07, 6.45) is 6.40. The Labute approximate surface area is 155 Å². The van der Waals surface area contributed by atoms with Crippen LogP contribution >= 0.6 is 0 Å². The van der Waals surface area contributed by atoms with Gasteiger partial charge in [0, 0.05) is 45.2 Å². The molecule has 0 bridgehead atoms. The molecule has 1 aliphatic heterocycles. The van der Waals surface area contributed by atoms with E-state index >= 15 is 0 Å². The Bertz CT molecular complexity index is 695. The molecule has 1 aliphatic rings. The average Bonchev–Trinajstić information content (AvgIpc) is 3.10. The molecule has 0 aliphatic carbocycles. The lowest BCUT2D eigenvalue weighted by Gasteiger charge is -2.32. The highest BCUT2D eigenvalue weighted by Crippen LogP contribution is 2.20. The summed E-state index contributed by atoms with van der Waals surface area (Å²) in [5, 5.41) is 3.22. The number of rotatable bonds is 6. The molecule has 0 spiro atoms. The van der Waals surface area contributed by atoms with Gasteiger partial charge in [0.15, 0.2) is 0 Å². The second-order valence-electron chi connectivity index (χ2n) is 6.82. The van der Waals surface area contributed by atoms with Crippen LogP contribution in [0.2, 0.25) is 0 Å². The summed E-state index contributed by atoms with van der Waals surface area (Å²) in [6, 6.07) is 10.4. The van der Waals surface area contributed by atoms with Crippen molar-refractivity contribution >= 4 is 6.03 Å². The van der Waals surface area contributed by atoms with Crippen LogP contribution in [0.25, 0.3) is 0 Å². The molecule has 6 heteroatoms. The minimum atomic E-state index is -0.0345. The quantitative estimate of drug-likeness (QED) is 0.865. The molecule has 3 rings (SSSR count). The van der Waals surface area contributed by atoms with E-state index in [0.29, 0.717) is 0 Å².